The van der Waals surface area contributed by atoms with Gasteiger partial charge in [0.2, 0.25) is 5.95 Å². The Balaban J connectivity index is 1.93. The lowest BCUT2D eigenvalue weighted by molar-refractivity contribution is 0.579. The van der Waals surface area contributed by atoms with E-state index in [0.717, 1.165) is 44.1 Å². The van der Waals surface area contributed by atoms with Gasteiger partial charge in [-0.3, -0.25) is 0 Å². The number of hydrogen-bond donors (Lipinski definition) is 1. The average molecular weight is 284 g/mol. The molecule has 1 aromatic carbocycles. The maximum absolute atomic E-state index is 4.88. The van der Waals surface area contributed by atoms with E-state index in [2.05, 4.69) is 41.4 Å². The van der Waals surface area contributed by atoms with Crippen molar-refractivity contribution in [1.82, 2.24) is 15.3 Å². The van der Waals surface area contributed by atoms with Crippen LogP contribution in [0.15, 0.2) is 24.3 Å². The van der Waals surface area contributed by atoms with Crippen LogP contribution in [0.25, 0.3) is 10.9 Å². The van der Waals surface area contributed by atoms with Crippen molar-refractivity contribution in [2.45, 2.75) is 32.6 Å². The molecule has 2 aromatic rings. The zero-order valence-electron chi connectivity index (χ0n) is 12.8. The number of hydrogen-bond acceptors (Lipinski definition) is 4. The summed E-state index contributed by atoms with van der Waals surface area (Å²) in [6.45, 7) is 6.26. The third-order valence-electron chi connectivity index (χ3n) is 4.09. The van der Waals surface area contributed by atoms with Gasteiger partial charge in [-0.15, -0.1) is 0 Å². The quantitative estimate of drug-likeness (QED) is 0.857. The lowest BCUT2D eigenvalue weighted by Gasteiger charge is -2.28. The fourth-order valence-corrected chi connectivity index (χ4v) is 2.87. The molecule has 0 unspecified atom stereocenters. The van der Waals surface area contributed by atoms with E-state index in [1.54, 1.807) is 0 Å². The standard InChI is InChI=1S/C17H24N4/c1-2-3-4-8-15-14-7-5-6-9-16(14)20-17(19-15)21-12-10-18-11-13-21/h5-7,9,18H,2-4,8,10-13H2,1H3. The zero-order chi connectivity index (χ0) is 14.5. The number of nitrogens with one attached hydrogen (secondary N) is 1. The minimum Gasteiger partial charge on any atom is -0.338 e. The fourth-order valence-electron chi connectivity index (χ4n) is 2.87. The monoisotopic (exact) mass is 284 g/mol. The van der Waals surface area contributed by atoms with E-state index in [1.807, 2.05) is 0 Å². The van der Waals surface area contributed by atoms with Crippen LogP contribution in [0, 0.1) is 0 Å². The molecule has 0 spiro atoms. The zero-order valence-corrected chi connectivity index (χ0v) is 12.8. The molecule has 0 radical (unpaired) electrons. The summed E-state index contributed by atoms with van der Waals surface area (Å²) in [7, 11) is 0. The van der Waals surface area contributed by atoms with Crippen molar-refractivity contribution in [1.29, 1.82) is 0 Å². The molecule has 1 fully saturated rings. The normalized spacial score (nSPS) is 15.6. The minimum absolute atomic E-state index is 0.904. The first kappa shape index (κ1) is 14.3. The van der Waals surface area contributed by atoms with Crippen LogP contribution in [0.2, 0.25) is 0 Å². The van der Waals surface area contributed by atoms with Crippen LogP contribution < -0.4 is 10.2 Å². The number of rotatable bonds is 5. The van der Waals surface area contributed by atoms with E-state index in [-0.39, 0.29) is 0 Å². The highest BCUT2D eigenvalue weighted by Crippen LogP contribution is 2.21. The summed E-state index contributed by atoms with van der Waals surface area (Å²) in [5, 5.41) is 4.60. The molecule has 1 N–H and O–H groups in total. The van der Waals surface area contributed by atoms with E-state index in [4.69, 9.17) is 9.97 Å². The minimum atomic E-state index is 0.904. The molecule has 2 heterocycles. The first-order chi connectivity index (χ1) is 10.4. The van der Waals surface area contributed by atoms with Gasteiger partial charge in [0.05, 0.1) is 11.2 Å². The number of fused-ring (bicyclic) bond motifs is 1. The molecule has 0 bridgehead atoms. The molecule has 1 aliphatic heterocycles. The Bertz CT molecular complexity index is 590. The number of piperazine rings is 1. The van der Waals surface area contributed by atoms with Crippen LogP contribution in [-0.4, -0.2) is 36.1 Å². The molecule has 0 aliphatic carbocycles. The Hall–Kier alpha value is -1.68. The lowest BCUT2D eigenvalue weighted by Crippen LogP contribution is -2.44. The number of anilines is 1. The van der Waals surface area contributed by atoms with Gasteiger partial charge in [-0.05, 0) is 18.9 Å². The Morgan fingerprint density at radius 1 is 1.10 bits per heavy atom. The van der Waals surface area contributed by atoms with Crippen LogP contribution in [0.3, 0.4) is 0 Å². The average Bonchev–Trinajstić information content (AvgIpc) is 2.55. The van der Waals surface area contributed by atoms with Crippen LogP contribution in [0.4, 0.5) is 5.95 Å². The molecule has 4 heteroatoms. The molecule has 1 aliphatic rings. The highest BCUT2D eigenvalue weighted by atomic mass is 15.3. The van der Waals surface area contributed by atoms with Gasteiger partial charge >= 0.3 is 0 Å². The van der Waals surface area contributed by atoms with Crippen LogP contribution in [-0.2, 0) is 6.42 Å². The maximum atomic E-state index is 4.88. The molecule has 3 rings (SSSR count). The Kier molecular flexibility index (Phi) is 4.65. The van der Waals surface area contributed by atoms with E-state index in [9.17, 15) is 0 Å². The van der Waals surface area contributed by atoms with E-state index in [1.165, 1.54) is 30.3 Å². The predicted molar refractivity (Wildman–Crippen MR) is 87.8 cm³/mol. The fraction of sp³-hybridized carbons (Fsp3) is 0.529. The maximum Gasteiger partial charge on any atom is 0.226 e. The summed E-state index contributed by atoms with van der Waals surface area (Å²) in [5.41, 5.74) is 2.29. The molecule has 112 valence electrons. The highest BCUT2D eigenvalue weighted by Gasteiger charge is 2.15. The van der Waals surface area contributed by atoms with Crippen molar-refractivity contribution >= 4 is 16.9 Å². The first-order valence-electron chi connectivity index (χ1n) is 8.10. The van der Waals surface area contributed by atoms with Gasteiger partial charge < -0.3 is 10.2 Å². The summed E-state index contributed by atoms with van der Waals surface area (Å²) >= 11 is 0. The Labute approximate surface area is 126 Å². The van der Waals surface area contributed by atoms with Crippen molar-refractivity contribution in [2.24, 2.45) is 0 Å². The lowest BCUT2D eigenvalue weighted by atomic mass is 10.1. The third-order valence-corrected chi connectivity index (χ3v) is 4.09. The Morgan fingerprint density at radius 3 is 2.71 bits per heavy atom. The number of aryl methyl sites for hydroxylation is 1. The SMILES string of the molecule is CCCCCc1nc(N2CCNCC2)nc2ccccc12. The first-order valence-corrected chi connectivity index (χ1v) is 8.10. The van der Waals surface area contributed by atoms with Crippen molar-refractivity contribution in [3.8, 4) is 0 Å². The van der Waals surface area contributed by atoms with Gasteiger partial charge in [0.25, 0.3) is 0 Å². The van der Waals surface area contributed by atoms with Gasteiger partial charge in [0.1, 0.15) is 0 Å². The van der Waals surface area contributed by atoms with E-state index < -0.39 is 0 Å². The molecule has 0 saturated carbocycles. The molecular weight excluding hydrogens is 260 g/mol. The number of unbranched alkanes of at least 4 members (excludes halogenated alkanes) is 2. The second kappa shape index (κ2) is 6.85. The van der Waals surface area contributed by atoms with Crippen LogP contribution >= 0.6 is 0 Å². The molecular formula is C17H24N4. The van der Waals surface area contributed by atoms with Gasteiger partial charge in [0.15, 0.2) is 0 Å². The largest absolute Gasteiger partial charge is 0.338 e. The second-order valence-corrected chi connectivity index (χ2v) is 5.68. The van der Waals surface area contributed by atoms with Crippen molar-refractivity contribution < 1.29 is 0 Å². The Morgan fingerprint density at radius 2 is 1.90 bits per heavy atom. The van der Waals surface area contributed by atoms with Gasteiger partial charge in [0, 0.05) is 31.6 Å². The van der Waals surface area contributed by atoms with Gasteiger partial charge in [-0.1, -0.05) is 38.0 Å². The van der Waals surface area contributed by atoms with Gasteiger partial charge in [-0.25, -0.2) is 9.97 Å². The van der Waals surface area contributed by atoms with Crippen LogP contribution in [0.1, 0.15) is 31.9 Å². The predicted octanol–water partition coefficient (Wildman–Crippen LogP) is 2.77. The van der Waals surface area contributed by atoms with E-state index in [0.29, 0.717) is 0 Å². The van der Waals surface area contributed by atoms with Crippen LogP contribution in [0.5, 0.6) is 0 Å². The third kappa shape index (κ3) is 3.32. The summed E-state index contributed by atoms with van der Waals surface area (Å²) in [4.78, 5) is 12.0. The van der Waals surface area contributed by atoms with E-state index >= 15 is 0 Å². The molecule has 0 amide bonds. The molecule has 4 nitrogen and oxygen atoms in total. The summed E-state index contributed by atoms with van der Waals surface area (Å²) in [6.07, 6.45) is 4.77. The molecule has 21 heavy (non-hydrogen) atoms. The van der Waals surface area contributed by atoms with Gasteiger partial charge in [-0.2, -0.15) is 0 Å². The second-order valence-electron chi connectivity index (χ2n) is 5.68. The smallest absolute Gasteiger partial charge is 0.226 e. The number of nitrogens with zero attached hydrogens (tertiary/aromatic N) is 3. The summed E-state index contributed by atoms with van der Waals surface area (Å²) in [6, 6.07) is 8.40. The molecule has 1 saturated heterocycles. The molecule has 1 aromatic heterocycles. The highest BCUT2D eigenvalue weighted by molar-refractivity contribution is 5.82. The topological polar surface area (TPSA) is 41.1 Å². The number of aromatic nitrogens is 2. The number of benzene rings is 1. The summed E-state index contributed by atoms with van der Waals surface area (Å²) < 4.78 is 0. The van der Waals surface area contributed by atoms with Crippen molar-refractivity contribution in [2.75, 3.05) is 31.1 Å². The van der Waals surface area contributed by atoms with Crippen molar-refractivity contribution in [3.63, 3.8) is 0 Å². The molecule has 0 atom stereocenters. The van der Waals surface area contributed by atoms with Crippen molar-refractivity contribution in [3.05, 3.63) is 30.0 Å². The number of para-hydroxylation sites is 1. The summed E-state index contributed by atoms with van der Waals surface area (Å²) in [5.74, 6) is 0.904.